The van der Waals surface area contributed by atoms with Gasteiger partial charge in [-0.25, -0.2) is 0 Å². The van der Waals surface area contributed by atoms with Crippen LogP contribution in [0.3, 0.4) is 0 Å². The molecular weight excluding hydrogens is 226 g/mol. The maximum Gasteiger partial charge on any atom is 0.115 e. The van der Waals surface area contributed by atoms with Crippen LogP contribution in [0.5, 0.6) is 5.75 Å². The van der Waals surface area contributed by atoms with Gasteiger partial charge in [-0.05, 0) is 49.4 Å². The van der Waals surface area contributed by atoms with Crippen molar-refractivity contribution in [3.63, 3.8) is 0 Å². The first-order valence-corrected chi connectivity index (χ1v) is 6.89. The Bertz CT molecular complexity index is 344. The lowest BCUT2D eigenvalue weighted by molar-refractivity contribution is 0.184. The topological polar surface area (TPSA) is 41.5 Å². The zero-order chi connectivity index (χ0) is 12.8. The summed E-state index contributed by atoms with van der Waals surface area (Å²) >= 11 is 0. The highest BCUT2D eigenvalue weighted by Crippen LogP contribution is 2.20. The maximum absolute atomic E-state index is 9.30. The lowest BCUT2D eigenvalue weighted by Gasteiger charge is -2.18. The molecule has 0 aliphatic carbocycles. The van der Waals surface area contributed by atoms with Crippen LogP contribution in [0.2, 0.25) is 0 Å². The van der Waals surface area contributed by atoms with Gasteiger partial charge in [0.05, 0.1) is 0 Å². The standard InChI is InChI=1S/C15H23NO2/c1-2-15(13-3-5-14(17)6-4-13)16-9-7-12-8-10-18-11-12/h3-6,12,15-17H,2,7-11H2,1H3. The molecule has 0 spiro atoms. The van der Waals surface area contributed by atoms with Gasteiger partial charge in [0.25, 0.3) is 0 Å². The van der Waals surface area contributed by atoms with E-state index in [1.54, 1.807) is 12.1 Å². The molecule has 1 aliphatic rings. The third-order valence-corrected chi connectivity index (χ3v) is 3.67. The average Bonchev–Trinajstić information content (AvgIpc) is 2.89. The summed E-state index contributed by atoms with van der Waals surface area (Å²) in [5.74, 6) is 1.06. The molecule has 0 amide bonds. The van der Waals surface area contributed by atoms with Crippen molar-refractivity contribution < 1.29 is 9.84 Å². The van der Waals surface area contributed by atoms with E-state index in [1.807, 2.05) is 12.1 Å². The summed E-state index contributed by atoms with van der Waals surface area (Å²) in [6, 6.07) is 7.88. The van der Waals surface area contributed by atoms with E-state index in [1.165, 1.54) is 18.4 Å². The van der Waals surface area contributed by atoms with Gasteiger partial charge in [0.15, 0.2) is 0 Å². The van der Waals surface area contributed by atoms with E-state index in [-0.39, 0.29) is 0 Å². The van der Waals surface area contributed by atoms with Crippen LogP contribution in [-0.4, -0.2) is 24.9 Å². The summed E-state index contributed by atoms with van der Waals surface area (Å²) in [4.78, 5) is 0. The molecule has 3 nitrogen and oxygen atoms in total. The lowest BCUT2D eigenvalue weighted by atomic mass is 10.0. The number of nitrogens with one attached hydrogen (secondary N) is 1. The first kappa shape index (κ1) is 13.4. The smallest absolute Gasteiger partial charge is 0.115 e. The van der Waals surface area contributed by atoms with Crippen molar-refractivity contribution in [2.24, 2.45) is 5.92 Å². The molecule has 1 heterocycles. The number of hydrogen-bond acceptors (Lipinski definition) is 3. The number of phenols is 1. The molecule has 2 atom stereocenters. The molecule has 0 bridgehead atoms. The molecule has 1 aliphatic heterocycles. The molecule has 2 rings (SSSR count). The number of aromatic hydroxyl groups is 1. The Labute approximate surface area is 109 Å². The molecule has 1 aromatic rings. The van der Waals surface area contributed by atoms with E-state index in [0.717, 1.165) is 32.1 Å². The fourth-order valence-corrected chi connectivity index (χ4v) is 2.48. The highest BCUT2D eigenvalue weighted by molar-refractivity contribution is 5.27. The Kier molecular flexibility index (Phi) is 5.02. The summed E-state index contributed by atoms with van der Waals surface area (Å²) in [5.41, 5.74) is 1.25. The molecule has 2 unspecified atom stereocenters. The molecule has 1 saturated heterocycles. The number of rotatable bonds is 6. The minimum Gasteiger partial charge on any atom is -0.508 e. The summed E-state index contributed by atoms with van der Waals surface area (Å²) in [7, 11) is 0. The fraction of sp³-hybridized carbons (Fsp3) is 0.600. The van der Waals surface area contributed by atoms with Crippen molar-refractivity contribution in [2.75, 3.05) is 19.8 Å². The van der Waals surface area contributed by atoms with Crippen LogP contribution in [0.15, 0.2) is 24.3 Å². The minimum atomic E-state index is 0.330. The van der Waals surface area contributed by atoms with Crippen LogP contribution >= 0.6 is 0 Å². The second kappa shape index (κ2) is 6.76. The van der Waals surface area contributed by atoms with Crippen LogP contribution in [0, 0.1) is 5.92 Å². The summed E-state index contributed by atoms with van der Waals surface area (Å²) in [6.07, 6.45) is 3.46. The highest BCUT2D eigenvalue weighted by Gasteiger charge is 2.16. The van der Waals surface area contributed by atoms with Crippen molar-refractivity contribution >= 4 is 0 Å². The van der Waals surface area contributed by atoms with Crippen LogP contribution in [0.1, 0.15) is 37.8 Å². The first-order chi connectivity index (χ1) is 8.79. The molecule has 0 radical (unpaired) electrons. The van der Waals surface area contributed by atoms with Crippen molar-refractivity contribution in [3.05, 3.63) is 29.8 Å². The second-order valence-electron chi connectivity index (χ2n) is 5.02. The van der Waals surface area contributed by atoms with Gasteiger partial charge in [0.2, 0.25) is 0 Å². The Morgan fingerprint density at radius 3 is 2.78 bits per heavy atom. The van der Waals surface area contributed by atoms with Gasteiger partial charge >= 0.3 is 0 Å². The monoisotopic (exact) mass is 249 g/mol. The zero-order valence-corrected chi connectivity index (χ0v) is 11.1. The van der Waals surface area contributed by atoms with Crippen LogP contribution < -0.4 is 5.32 Å². The van der Waals surface area contributed by atoms with Gasteiger partial charge in [-0.1, -0.05) is 19.1 Å². The number of benzene rings is 1. The van der Waals surface area contributed by atoms with E-state index in [9.17, 15) is 5.11 Å². The molecule has 18 heavy (non-hydrogen) atoms. The lowest BCUT2D eigenvalue weighted by Crippen LogP contribution is -2.23. The van der Waals surface area contributed by atoms with E-state index in [2.05, 4.69) is 12.2 Å². The van der Waals surface area contributed by atoms with Gasteiger partial charge in [-0.3, -0.25) is 0 Å². The summed E-state index contributed by atoms with van der Waals surface area (Å²) in [5, 5.41) is 12.9. The molecule has 1 aromatic carbocycles. The third kappa shape index (κ3) is 3.72. The molecule has 0 saturated carbocycles. The van der Waals surface area contributed by atoms with Gasteiger partial charge in [0, 0.05) is 19.3 Å². The van der Waals surface area contributed by atoms with Crippen molar-refractivity contribution in [1.82, 2.24) is 5.32 Å². The molecule has 2 N–H and O–H groups in total. The second-order valence-corrected chi connectivity index (χ2v) is 5.02. The Morgan fingerprint density at radius 1 is 1.39 bits per heavy atom. The van der Waals surface area contributed by atoms with Crippen LogP contribution in [-0.2, 0) is 4.74 Å². The largest absolute Gasteiger partial charge is 0.508 e. The van der Waals surface area contributed by atoms with Gasteiger partial charge in [-0.15, -0.1) is 0 Å². The number of ether oxygens (including phenoxy) is 1. The van der Waals surface area contributed by atoms with Gasteiger partial charge < -0.3 is 15.2 Å². The molecule has 0 aromatic heterocycles. The SMILES string of the molecule is CCC(NCCC1CCOC1)c1ccc(O)cc1. The Balaban J connectivity index is 1.79. The fourth-order valence-electron chi connectivity index (χ4n) is 2.48. The highest BCUT2D eigenvalue weighted by atomic mass is 16.5. The Hall–Kier alpha value is -1.06. The van der Waals surface area contributed by atoms with E-state index < -0.39 is 0 Å². The van der Waals surface area contributed by atoms with E-state index >= 15 is 0 Å². The van der Waals surface area contributed by atoms with Crippen molar-refractivity contribution in [3.8, 4) is 5.75 Å². The Morgan fingerprint density at radius 2 is 2.17 bits per heavy atom. The molecule has 1 fully saturated rings. The predicted octanol–water partition coefficient (Wildman–Crippen LogP) is 2.86. The zero-order valence-electron chi connectivity index (χ0n) is 11.1. The summed E-state index contributed by atoms with van der Waals surface area (Å²) in [6.45, 7) is 5.08. The van der Waals surface area contributed by atoms with Gasteiger partial charge in [-0.2, -0.15) is 0 Å². The minimum absolute atomic E-state index is 0.330. The van der Waals surface area contributed by atoms with Crippen molar-refractivity contribution in [1.29, 1.82) is 0 Å². The maximum atomic E-state index is 9.30. The van der Waals surface area contributed by atoms with Gasteiger partial charge in [0.1, 0.15) is 5.75 Å². The summed E-state index contributed by atoms with van der Waals surface area (Å²) < 4.78 is 5.38. The quantitative estimate of drug-likeness (QED) is 0.814. The molecule has 100 valence electrons. The first-order valence-electron chi connectivity index (χ1n) is 6.89. The predicted molar refractivity (Wildman–Crippen MR) is 72.7 cm³/mol. The van der Waals surface area contributed by atoms with Crippen molar-refractivity contribution in [2.45, 2.75) is 32.2 Å². The average molecular weight is 249 g/mol. The van der Waals surface area contributed by atoms with Crippen LogP contribution in [0.25, 0.3) is 0 Å². The van der Waals surface area contributed by atoms with Crippen LogP contribution in [0.4, 0.5) is 0 Å². The van der Waals surface area contributed by atoms with E-state index in [4.69, 9.17) is 4.74 Å². The number of phenolic OH excluding ortho intramolecular Hbond substituents is 1. The normalized spacial score (nSPS) is 21.1. The van der Waals surface area contributed by atoms with E-state index in [0.29, 0.717) is 11.8 Å². The molecule has 3 heteroatoms. The third-order valence-electron chi connectivity index (χ3n) is 3.67. The molecular formula is C15H23NO2. The number of hydrogen-bond donors (Lipinski definition) is 2.